The van der Waals surface area contributed by atoms with Crippen LogP contribution in [0.5, 0.6) is 0 Å². The Morgan fingerprint density at radius 1 is 1.23 bits per heavy atom. The summed E-state index contributed by atoms with van der Waals surface area (Å²) in [6.07, 6.45) is 3.32. The number of rotatable bonds is 2. The molecule has 1 aliphatic rings. The zero-order valence-corrected chi connectivity index (χ0v) is 16.8. The van der Waals surface area contributed by atoms with Crippen LogP contribution in [-0.4, -0.2) is 39.5 Å². The molecular formula is C19H23BrFN3O2. The Bertz CT molecular complexity index is 775. The standard InChI is InChI=1S/C19H23BrFN3O2/c1-19(2,3)26-18(25)23-10-8-15(9-11-23)24-12-16(20)17(22-24)13-4-6-14(21)7-5-13/h4-7,12,15H,8-11H2,1-3H3. The summed E-state index contributed by atoms with van der Waals surface area (Å²) >= 11 is 3.55. The molecule has 1 aliphatic heterocycles. The van der Waals surface area contributed by atoms with E-state index in [0.29, 0.717) is 13.1 Å². The van der Waals surface area contributed by atoms with Gasteiger partial charge in [0.05, 0.1) is 10.5 Å². The first-order valence-electron chi connectivity index (χ1n) is 8.71. The molecule has 1 aromatic heterocycles. The third kappa shape index (κ3) is 4.44. The Balaban J connectivity index is 1.66. The minimum Gasteiger partial charge on any atom is -0.444 e. The van der Waals surface area contributed by atoms with Gasteiger partial charge in [-0.15, -0.1) is 0 Å². The van der Waals surface area contributed by atoms with Crippen LogP contribution in [0.2, 0.25) is 0 Å². The van der Waals surface area contributed by atoms with E-state index in [1.54, 1.807) is 17.0 Å². The Morgan fingerprint density at radius 2 is 1.85 bits per heavy atom. The van der Waals surface area contributed by atoms with Gasteiger partial charge in [0.15, 0.2) is 0 Å². The molecule has 1 amide bonds. The predicted molar refractivity (Wildman–Crippen MR) is 101 cm³/mol. The number of carbonyl (C=O) groups excluding carboxylic acids is 1. The van der Waals surface area contributed by atoms with Gasteiger partial charge in [-0.2, -0.15) is 5.10 Å². The van der Waals surface area contributed by atoms with Gasteiger partial charge in [0, 0.05) is 24.8 Å². The van der Waals surface area contributed by atoms with Gasteiger partial charge in [-0.25, -0.2) is 9.18 Å². The molecule has 0 unspecified atom stereocenters. The van der Waals surface area contributed by atoms with Crippen LogP contribution in [0.3, 0.4) is 0 Å². The lowest BCUT2D eigenvalue weighted by Gasteiger charge is -2.33. The molecule has 7 heteroatoms. The molecule has 0 radical (unpaired) electrons. The average molecular weight is 424 g/mol. The number of aromatic nitrogens is 2. The van der Waals surface area contributed by atoms with Gasteiger partial charge in [0.1, 0.15) is 17.1 Å². The fraction of sp³-hybridized carbons (Fsp3) is 0.474. The van der Waals surface area contributed by atoms with E-state index < -0.39 is 5.60 Å². The number of nitrogens with zero attached hydrogens (tertiary/aromatic N) is 3. The Hall–Kier alpha value is -1.89. The monoisotopic (exact) mass is 423 g/mol. The number of hydrogen-bond acceptors (Lipinski definition) is 3. The topological polar surface area (TPSA) is 47.4 Å². The highest BCUT2D eigenvalue weighted by atomic mass is 79.9. The van der Waals surface area contributed by atoms with Crippen LogP contribution in [-0.2, 0) is 4.74 Å². The van der Waals surface area contributed by atoms with Crippen LogP contribution >= 0.6 is 15.9 Å². The van der Waals surface area contributed by atoms with Crippen molar-refractivity contribution in [2.45, 2.75) is 45.3 Å². The van der Waals surface area contributed by atoms with E-state index in [4.69, 9.17) is 4.74 Å². The van der Waals surface area contributed by atoms with Crippen molar-refractivity contribution in [3.63, 3.8) is 0 Å². The largest absolute Gasteiger partial charge is 0.444 e. The lowest BCUT2D eigenvalue weighted by atomic mass is 10.1. The molecule has 1 saturated heterocycles. The fourth-order valence-corrected chi connectivity index (χ4v) is 3.52. The highest BCUT2D eigenvalue weighted by molar-refractivity contribution is 9.10. The summed E-state index contributed by atoms with van der Waals surface area (Å²) in [5, 5.41) is 4.68. The van der Waals surface area contributed by atoms with E-state index in [0.717, 1.165) is 28.6 Å². The van der Waals surface area contributed by atoms with Gasteiger partial charge in [-0.1, -0.05) is 0 Å². The number of halogens is 2. The maximum atomic E-state index is 13.1. The number of benzene rings is 1. The second kappa shape index (κ2) is 7.39. The molecule has 0 atom stereocenters. The minimum absolute atomic E-state index is 0.221. The number of likely N-dealkylation sites (tertiary alicyclic amines) is 1. The summed E-state index contributed by atoms with van der Waals surface area (Å²) in [6, 6.07) is 6.52. The summed E-state index contributed by atoms with van der Waals surface area (Å²) in [5.74, 6) is -0.265. The van der Waals surface area contributed by atoms with Crippen LogP contribution in [0.4, 0.5) is 9.18 Å². The molecule has 26 heavy (non-hydrogen) atoms. The highest BCUT2D eigenvalue weighted by Crippen LogP contribution is 2.31. The predicted octanol–water partition coefficient (Wildman–Crippen LogP) is 5.02. The second-order valence-electron chi connectivity index (χ2n) is 7.51. The van der Waals surface area contributed by atoms with E-state index >= 15 is 0 Å². The van der Waals surface area contributed by atoms with E-state index in [1.165, 1.54) is 12.1 Å². The van der Waals surface area contributed by atoms with Gasteiger partial charge in [-0.3, -0.25) is 4.68 Å². The summed E-state index contributed by atoms with van der Waals surface area (Å²) in [7, 11) is 0. The SMILES string of the molecule is CC(C)(C)OC(=O)N1CCC(n2cc(Br)c(-c3ccc(F)cc3)n2)CC1. The summed E-state index contributed by atoms with van der Waals surface area (Å²) < 4.78 is 21.4. The maximum Gasteiger partial charge on any atom is 0.410 e. The average Bonchev–Trinajstić information content (AvgIpc) is 2.96. The second-order valence-corrected chi connectivity index (χ2v) is 8.37. The third-order valence-corrected chi connectivity index (χ3v) is 4.88. The van der Waals surface area contributed by atoms with E-state index in [9.17, 15) is 9.18 Å². The smallest absolute Gasteiger partial charge is 0.410 e. The molecule has 140 valence electrons. The van der Waals surface area contributed by atoms with Crippen LogP contribution in [0.15, 0.2) is 34.9 Å². The first-order valence-corrected chi connectivity index (χ1v) is 9.51. The molecule has 0 N–H and O–H groups in total. The van der Waals surface area contributed by atoms with Crippen molar-refractivity contribution in [1.29, 1.82) is 0 Å². The normalized spacial score (nSPS) is 16.0. The zero-order valence-electron chi connectivity index (χ0n) is 15.2. The van der Waals surface area contributed by atoms with Gasteiger partial charge in [0.2, 0.25) is 0 Å². The van der Waals surface area contributed by atoms with Crippen molar-refractivity contribution >= 4 is 22.0 Å². The molecule has 5 nitrogen and oxygen atoms in total. The number of ether oxygens (including phenoxy) is 1. The van der Waals surface area contributed by atoms with Crippen LogP contribution in [0, 0.1) is 5.82 Å². The molecule has 0 saturated carbocycles. The Labute approximate surface area is 161 Å². The third-order valence-electron chi connectivity index (χ3n) is 4.30. The van der Waals surface area contributed by atoms with Crippen molar-refractivity contribution in [3.05, 3.63) is 40.8 Å². The number of hydrogen-bond donors (Lipinski definition) is 0. The summed E-state index contributed by atoms with van der Waals surface area (Å²) in [5.41, 5.74) is 1.17. The number of carbonyl (C=O) groups is 1. The van der Waals surface area contributed by atoms with Crippen molar-refractivity contribution < 1.29 is 13.9 Å². The lowest BCUT2D eigenvalue weighted by molar-refractivity contribution is 0.0185. The van der Waals surface area contributed by atoms with Crippen LogP contribution in [0.25, 0.3) is 11.3 Å². The molecular weight excluding hydrogens is 401 g/mol. The molecule has 1 aromatic carbocycles. The van der Waals surface area contributed by atoms with Crippen LogP contribution in [0.1, 0.15) is 39.7 Å². The summed E-state index contributed by atoms with van der Waals surface area (Å²) in [4.78, 5) is 13.9. The molecule has 3 rings (SSSR count). The number of amides is 1. The highest BCUT2D eigenvalue weighted by Gasteiger charge is 2.28. The van der Waals surface area contributed by atoms with Crippen molar-refractivity contribution in [1.82, 2.24) is 14.7 Å². The molecule has 2 aromatic rings. The van der Waals surface area contributed by atoms with Gasteiger partial charge < -0.3 is 9.64 Å². The van der Waals surface area contributed by atoms with Gasteiger partial charge in [-0.05, 0) is 73.8 Å². The zero-order chi connectivity index (χ0) is 18.9. The van der Waals surface area contributed by atoms with E-state index in [1.807, 2.05) is 31.6 Å². The molecule has 0 bridgehead atoms. The van der Waals surface area contributed by atoms with Crippen LogP contribution < -0.4 is 0 Å². The quantitative estimate of drug-likeness (QED) is 0.680. The molecule has 0 spiro atoms. The van der Waals surface area contributed by atoms with E-state index in [-0.39, 0.29) is 18.0 Å². The molecule has 2 heterocycles. The van der Waals surface area contributed by atoms with Crippen molar-refractivity contribution in [2.24, 2.45) is 0 Å². The molecule has 0 aliphatic carbocycles. The van der Waals surface area contributed by atoms with E-state index in [2.05, 4.69) is 21.0 Å². The molecule has 1 fully saturated rings. The fourth-order valence-electron chi connectivity index (χ4n) is 3.00. The minimum atomic E-state index is -0.481. The summed E-state index contributed by atoms with van der Waals surface area (Å²) in [6.45, 7) is 6.90. The number of piperidine rings is 1. The lowest BCUT2D eigenvalue weighted by Crippen LogP contribution is -2.42. The maximum absolute atomic E-state index is 13.1. The van der Waals surface area contributed by atoms with Crippen molar-refractivity contribution in [3.8, 4) is 11.3 Å². The first-order chi connectivity index (χ1) is 12.2. The Morgan fingerprint density at radius 3 is 2.42 bits per heavy atom. The first kappa shape index (κ1) is 18.9. The van der Waals surface area contributed by atoms with Crippen molar-refractivity contribution in [2.75, 3.05) is 13.1 Å². The van der Waals surface area contributed by atoms with Gasteiger partial charge >= 0.3 is 6.09 Å². The Kier molecular flexibility index (Phi) is 5.37. The van der Waals surface area contributed by atoms with Gasteiger partial charge in [0.25, 0.3) is 0 Å².